The average Bonchev–Trinajstić information content (AvgIpc) is 2.60. The second kappa shape index (κ2) is 7.75. The van der Waals surface area contributed by atoms with Gasteiger partial charge in [-0.1, -0.05) is 18.1 Å². The highest BCUT2D eigenvalue weighted by molar-refractivity contribution is 7.89. The van der Waals surface area contributed by atoms with Crippen molar-refractivity contribution >= 4 is 21.6 Å². The van der Waals surface area contributed by atoms with Gasteiger partial charge < -0.3 is 5.32 Å². The van der Waals surface area contributed by atoms with Gasteiger partial charge in [0.1, 0.15) is 10.7 Å². The van der Waals surface area contributed by atoms with Crippen molar-refractivity contribution in [3.05, 3.63) is 72.1 Å². The fraction of sp³-hybridized carbons (Fsp3) is 0.0556. The van der Waals surface area contributed by atoms with Crippen molar-refractivity contribution in [3.8, 4) is 12.3 Å². The lowest BCUT2D eigenvalue weighted by atomic mass is 10.2. The molecule has 2 rings (SSSR count). The van der Waals surface area contributed by atoms with E-state index in [0.29, 0.717) is 11.3 Å². The number of anilines is 1. The van der Waals surface area contributed by atoms with E-state index in [2.05, 4.69) is 22.5 Å². The third kappa shape index (κ3) is 4.53. The van der Waals surface area contributed by atoms with Crippen LogP contribution in [0.4, 0.5) is 10.1 Å². The number of hydrogen-bond acceptors (Lipinski definition) is 3. The van der Waals surface area contributed by atoms with Gasteiger partial charge in [-0.15, -0.1) is 13.0 Å². The Morgan fingerprint density at radius 3 is 2.72 bits per heavy atom. The first-order valence-corrected chi connectivity index (χ1v) is 8.64. The van der Waals surface area contributed by atoms with Crippen LogP contribution in [0.2, 0.25) is 0 Å². The van der Waals surface area contributed by atoms with Crippen LogP contribution in [0.25, 0.3) is 0 Å². The maximum absolute atomic E-state index is 13.9. The molecule has 0 aliphatic heterocycles. The smallest absolute Gasteiger partial charge is 0.255 e. The molecule has 0 aromatic heterocycles. The van der Waals surface area contributed by atoms with E-state index in [4.69, 9.17) is 6.42 Å². The van der Waals surface area contributed by atoms with Crippen LogP contribution in [0, 0.1) is 18.2 Å². The minimum absolute atomic E-state index is 0.00788. The molecule has 5 nitrogen and oxygen atoms in total. The van der Waals surface area contributed by atoms with Crippen molar-refractivity contribution in [1.29, 1.82) is 0 Å². The van der Waals surface area contributed by atoms with Crippen molar-refractivity contribution < 1.29 is 17.6 Å². The van der Waals surface area contributed by atoms with E-state index in [1.165, 1.54) is 12.1 Å². The van der Waals surface area contributed by atoms with Crippen LogP contribution in [0.15, 0.2) is 60.0 Å². The Morgan fingerprint density at radius 2 is 2.04 bits per heavy atom. The van der Waals surface area contributed by atoms with Crippen LogP contribution >= 0.6 is 0 Å². The molecule has 2 aromatic rings. The summed E-state index contributed by atoms with van der Waals surface area (Å²) < 4.78 is 40.2. The number of carbonyl (C=O) groups is 1. The molecule has 0 fully saturated rings. The lowest BCUT2D eigenvalue weighted by molar-refractivity contribution is 0.102. The normalized spacial score (nSPS) is 10.7. The molecule has 0 radical (unpaired) electrons. The largest absolute Gasteiger partial charge is 0.322 e. The van der Waals surface area contributed by atoms with Crippen molar-refractivity contribution in [2.45, 2.75) is 4.90 Å². The molecule has 128 valence electrons. The number of nitrogens with one attached hydrogen (secondary N) is 2. The molecule has 0 atom stereocenters. The maximum atomic E-state index is 13.9. The molecule has 25 heavy (non-hydrogen) atoms. The minimum Gasteiger partial charge on any atom is -0.322 e. The third-order valence-corrected chi connectivity index (χ3v) is 4.63. The topological polar surface area (TPSA) is 75.3 Å². The zero-order chi connectivity index (χ0) is 18.4. The lowest BCUT2D eigenvalue weighted by Gasteiger charge is -2.09. The molecule has 0 heterocycles. The predicted molar refractivity (Wildman–Crippen MR) is 94.1 cm³/mol. The van der Waals surface area contributed by atoms with Crippen molar-refractivity contribution in [2.75, 3.05) is 11.9 Å². The molecular formula is C18H15FN2O3S. The second-order valence-electron chi connectivity index (χ2n) is 4.97. The van der Waals surface area contributed by atoms with Gasteiger partial charge in [-0.25, -0.2) is 17.5 Å². The van der Waals surface area contributed by atoms with Crippen molar-refractivity contribution in [3.63, 3.8) is 0 Å². The summed E-state index contributed by atoms with van der Waals surface area (Å²) in [7, 11) is -4.10. The van der Waals surface area contributed by atoms with Crippen LogP contribution < -0.4 is 10.0 Å². The second-order valence-corrected chi connectivity index (χ2v) is 6.70. The highest BCUT2D eigenvalue weighted by Gasteiger charge is 2.20. The summed E-state index contributed by atoms with van der Waals surface area (Å²) >= 11 is 0. The first kappa shape index (κ1) is 18.4. The maximum Gasteiger partial charge on any atom is 0.255 e. The Bertz CT molecular complexity index is 963. The highest BCUT2D eigenvalue weighted by Crippen LogP contribution is 2.18. The molecule has 0 unspecified atom stereocenters. The summed E-state index contributed by atoms with van der Waals surface area (Å²) in [4.78, 5) is 11.7. The third-order valence-electron chi connectivity index (χ3n) is 3.19. The molecule has 7 heteroatoms. The number of halogens is 1. The van der Waals surface area contributed by atoms with E-state index in [9.17, 15) is 17.6 Å². The Morgan fingerprint density at radius 1 is 1.28 bits per heavy atom. The Balaban J connectivity index is 2.30. The van der Waals surface area contributed by atoms with Gasteiger partial charge in [0, 0.05) is 23.4 Å². The van der Waals surface area contributed by atoms with Crippen LogP contribution in [-0.4, -0.2) is 20.9 Å². The zero-order valence-corrected chi connectivity index (χ0v) is 13.9. The molecule has 0 aliphatic rings. The van der Waals surface area contributed by atoms with Crippen molar-refractivity contribution in [1.82, 2.24) is 4.72 Å². The van der Waals surface area contributed by atoms with Crippen LogP contribution in [0.3, 0.4) is 0 Å². The van der Waals surface area contributed by atoms with Gasteiger partial charge in [-0.05, 0) is 36.4 Å². The first-order chi connectivity index (χ1) is 11.9. The van der Waals surface area contributed by atoms with E-state index in [0.717, 1.165) is 12.1 Å². The summed E-state index contributed by atoms with van der Waals surface area (Å²) in [6, 6.07) is 9.68. The SMILES string of the molecule is C#Cc1cccc(NC(=O)c2ccc(F)c(S(=O)(=O)NCC=C)c2)c1. The van der Waals surface area contributed by atoms with E-state index < -0.39 is 26.6 Å². The molecule has 0 spiro atoms. The quantitative estimate of drug-likeness (QED) is 0.615. The Hall–Kier alpha value is -2.95. The summed E-state index contributed by atoms with van der Waals surface area (Å²) in [5, 5.41) is 2.59. The van der Waals surface area contributed by atoms with E-state index in [1.807, 2.05) is 0 Å². The number of sulfonamides is 1. The van der Waals surface area contributed by atoms with Crippen LogP contribution in [-0.2, 0) is 10.0 Å². The van der Waals surface area contributed by atoms with Gasteiger partial charge in [0.25, 0.3) is 5.91 Å². The summed E-state index contributed by atoms with van der Waals surface area (Å²) in [6.07, 6.45) is 6.62. The molecule has 2 aromatic carbocycles. The number of benzene rings is 2. The molecule has 0 aliphatic carbocycles. The van der Waals surface area contributed by atoms with Gasteiger partial charge in [-0.3, -0.25) is 4.79 Å². The number of carbonyl (C=O) groups excluding carboxylic acids is 1. The molecule has 2 N–H and O–H groups in total. The monoisotopic (exact) mass is 358 g/mol. The zero-order valence-electron chi connectivity index (χ0n) is 13.1. The van der Waals surface area contributed by atoms with Crippen LogP contribution in [0.1, 0.15) is 15.9 Å². The van der Waals surface area contributed by atoms with Crippen LogP contribution in [0.5, 0.6) is 0 Å². The summed E-state index contributed by atoms with van der Waals surface area (Å²) in [5.74, 6) is 0.895. The van der Waals surface area contributed by atoms with Crippen molar-refractivity contribution in [2.24, 2.45) is 0 Å². The Labute approximate surface area is 145 Å². The fourth-order valence-corrected chi connectivity index (χ4v) is 3.09. The van der Waals surface area contributed by atoms with Gasteiger partial charge >= 0.3 is 0 Å². The summed E-state index contributed by atoms with van der Waals surface area (Å²) in [6.45, 7) is 3.33. The van der Waals surface area contributed by atoms with Gasteiger partial charge in [0.05, 0.1) is 0 Å². The predicted octanol–water partition coefficient (Wildman–Crippen LogP) is 2.52. The molecule has 0 bridgehead atoms. The molecule has 1 amide bonds. The Kier molecular flexibility index (Phi) is 5.70. The van der Waals surface area contributed by atoms with Gasteiger partial charge in [0.15, 0.2) is 0 Å². The van der Waals surface area contributed by atoms with Gasteiger partial charge in [-0.2, -0.15) is 0 Å². The number of hydrogen-bond donors (Lipinski definition) is 2. The number of terminal acetylenes is 1. The summed E-state index contributed by atoms with van der Waals surface area (Å²) in [5.41, 5.74) is 1.01. The average molecular weight is 358 g/mol. The van der Waals surface area contributed by atoms with E-state index in [1.54, 1.807) is 24.3 Å². The molecule has 0 saturated carbocycles. The molecular weight excluding hydrogens is 343 g/mol. The lowest BCUT2D eigenvalue weighted by Crippen LogP contribution is -2.25. The highest BCUT2D eigenvalue weighted by atomic mass is 32.2. The standard InChI is InChI=1S/C18H15FN2O3S/c1-3-10-20-25(23,24)17-12-14(8-9-16(17)19)18(22)21-15-7-5-6-13(4-2)11-15/h2-3,5-9,11-12,20H,1,10H2,(H,21,22). The van der Waals surface area contributed by atoms with Gasteiger partial charge in [0.2, 0.25) is 10.0 Å². The number of rotatable bonds is 6. The van der Waals surface area contributed by atoms with E-state index >= 15 is 0 Å². The first-order valence-electron chi connectivity index (χ1n) is 7.15. The fourth-order valence-electron chi connectivity index (χ4n) is 1.99. The van der Waals surface area contributed by atoms with E-state index in [-0.39, 0.29) is 12.1 Å². The molecule has 0 saturated heterocycles. The minimum atomic E-state index is -4.10. The number of amides is 1.